The van der Waals surface area contributed by atoms with E-state index in [9.17, 15) is 0 Å². The van der Waals surface area contributed by atoms with Gasteiger partial charge in [-0.15, -0.1) is 0 Å². The normalized spacial score (nSPS) is 10.9. The number of fused-ring (bicyclic) bond motifs is 1. The fourth-order valence-electron chi connectivity index (χ4n) is 1.90. The van der Waals surface area contributed by atoms with Gasteiger partial charge in [-0.05, 0) is 40.9 Å². The first-order valence-electron chi connectivity index (χ1n) is 5.02. The van der Waals surface area contributed by atoms with Crippen LogP contribution in [0, 0.1) is 6.92 Å². The Kier molecular flexibility index (Phi) is 2.74. The number of benzene rings is 1. The highest BCUT2D eigenvalue weighted by molar-refractivity contribution is 9.10. The summed E-state index contributed by atoms with van der Waals surface area (Å²) in [7, 11) is 1.68. The number of H-pyrrole nitrogens is 1. The van der Waals surface area contributed by atoms with Gasteiger partial charge in [-0.3, -0.25) is 0 Å². The van der Waals surface area contributed by atoms with Gasteiger partial charge < -0.3 is 9.72 Å². The maximum atomic E-state index is 5.27. The number of hydrogen-bond donors (Lipinski definition) is 1. The lowest BCUT2D eigenvalue weighted by Crippen LogP contribution is -1.84. The summed E-state index contributed by atoms with van der Waals surface area (Å²) >= 11 is 3.50. The molecule has 0 amide bonds. The van der Waals surface area contributed by atoms with E-state index in [4.69, 9.17) is 4.74 Å². The zero-order valence-electron chi connectivity index (χ0n) is 9.15. The highest BCUT2D eigenvalue weighted by Crippen LogP contribution is 2.32. The molecule has 0 atom stereocenters. The van der Waals surface area contributed by atoms with Crippen molar-refractivity contribution in [3.05, 3.63) is 27.9 Å². The summed E-state index contributed by atoms with van der Waals surface area (Å²) in [6, 6.07) is 4.14. The number of ether oxygens (including phenoxy) is 1. The number of rotatable bonds is 2. The number of nitrogens with one attached hydrogen (secondary N) is 1. The van der Waals surface area contributed by atoms with Crippen molar-refractivity contribution in [1.82, 2.24) is 4.98 Å². The molecule has 0 unspecified atom stereocenters. The Balaban J connectivity index is 2.73. The Morgan fingerprint density at radius 1 is 1.40 bits per heavy atom. The molecule has 0 fully saturated rings. The molecule has 0 spiro atoms. The number of aromatic nitrogens is 1. The van der Waals surface area contributed by atoms with Crippen LogP contribution in [0.4, 0.5) is 0 Å². The zero-order chi connectivity index (χ0) is 11.0. The quantitative estimate of drug-likeness (QED) is 0.880. The van der Waals surface area contributed by atoms with Gasteiger partial charge in [-0.1, -0.05) is 6.92 Å². The van der Waals surface area contributed by atoms with E-state index in [0.717, 1.165) is 22.2 Å². The van der Waals surface area contributed by atoms with Gasteiger partial charge in [0.1, 0.15) is 5.75 Å². The summed E-state index contributed by atoms with van der Waals surface area (Å²) < 4.78 is 6.27. The number of methoxy groups -OCH3 is 1. The summed E-state index contributed by atoms with van der Waals surface area (Å²) in [6.45, 7) is 4.31. The van der Waals surface area contributed by atoms with Gasteiger partial charge in [0, 0.05) is 22.7 Å². The van der Waals surface area contributed by atoms with Crippen molar-refractivity contribution in [3.8, 4) is 5.75 Å². The van der Waals surface area contributed by atoms with E-state index < -0.39 is 0 Å². The van der Waals surface area contributed by atoms with E-state index in [2.05, 4.69) is 40.8 Å². The SMILES string of the molecule is CCc1[nH]c2cc(OC)c(Br)cc2c1C. The molecule has 2 aromatic rings. The lowest BCUT2D eigenvalue weighted by molar-refractivity contribution is 0.413. The van der Waals surface area contributed by atoms with Crippen LogP contribution in [-0.4, -0.2) is 12.1 Å². The van der Waals surface area contributed by atoms with Gasteiger partial charge in [-0.25, -0.2) is 0 Å². The van der Waals surface area contributed by atoms with E-state index in [0.29, 0.717) is 0 Å². The van der Waals surface area contributed by atoms with Gasteiger partial charge in [0.05, 0.1) is 11.6 Å². The van der Waals surface area contributed by atoms with E-state index in [1.165, 1.54) is 16.6 Å². The Hall–Kier alpha value is -0.960. The van der Waals surface area contributed by atoms with E-state index in [1.807, 2.05) is 6.07 Å². The molecular weight excluding hydrogens is 254 g/mol. The van der Waals surface area contributed by atoms with Crippen LogP contribution in [0.15, 0.2) is 16.6 Å². The van der Waals surface area contributed by atoms with Crippen molar-refractivity contribution in [2.75, 3.05) is 7.11 Å². The summed E-state index contributed by atoms with van der Waals surface area (Å²) in [6.07, 6.45) is 1.03. The van der Waals surface area contributed by atoms with Crippen molar-refractivity contribution in [3.63, 3.8) is 0 Å². The smallest absolute Gasteiger partial charge is 0.135 e. The van der Waals surface area contributed by atoms with E-state index in [1.54, 1.807) is 7.11 Å². The summed E-state index contributed by atoms with van der Waals surface area (Å²) in [5, 5.41) is 1.26. The number of aryl methyl sites for hydroxylation is 2. The standard InChI is InChI=1S/C12H14BrNO/c1-4-10-7(2)8-5-9(13)12(15-3)6-11(8)14-10/h5-6,14H,4H2,1-3H3. The summed E-state index contributed by atoms with van der Waals surface area (Å²) in [4.78, 5) is 3.41. The van der Waals surface area contributed by atoms with Crippen molar-refractivity contribution in [1.29, 1.82) is 0 Å². The first-order chi connectivity index (χ1) is 7.17. The highest BCUT2D eigenvalue weighted by Gasteiger charge is 2.09. The second kappa shape index (κ2) is 3.89. The van der Waals surface area contributed by atoms with Gasteiger partial charge in [0.25, 0.3) is 0 Å². The molecule has 0 aliphatic carbocycles. The first-order valence-corrected chi connectivity index (χ1v) is 5.81. The minimum absolute atomic E-state index is 0.867. The average Bonchev–Trinajstić information content (AvgIpc) is 2.54. The molecule has 1 N–H and O–H groups in total. The molecule has 80 valence electrons. The topological polar surface area (TPSA) is 25.0 Å². The van der Waals surface area contributed by atoms with Crippen molar-refractivity contribution in [2.45, 2.75) is 20.3 Å². The summed E-state index contributed by atoms with van der Waals surface area (Å²) in [5.41, 5.74) is 3.77. The molecule has 15 heavy (non-hydrogen) atoms. The molecular formula is C12H14BrNO. The lowest BCUT2D eigenvalue weighted by atomic mass is 10.1. The third-order valence-corrected chi connectivity index (χ3v) is 3.41. The summed E-state index contributed by atoms with van der Waals surface area (Å²) in [5.74, 6) is 0.867. The Bertz CT molecular complexity index is 500. The molecule has 3 heteroatoms. The predicted octanol–water partition coefficient (Wildman–Crippen LogP) is 3.81. The van der Waals surface area contributed by atoms with Crippen LogP contribution in [-0.2, 0) is 6.42 Å². The largest absolute Gasteiger partial charge is 0.495 e. The molecule has 1 aromatic carbocycles. The lowest BCUT2D eigenvalue weighted by Gasteiger charge is -2.02. The Labute approximate surface area is 97.8 Å². The number of aromatic amines is 1. The molecule has 0 bridgehead atoms. The van der Waals surface area contributed by atoms with Crippen LogP contribution in [0.5, 0.6) is 5.75 Å². The van der Waals surface area contributed by atoms with E-state index >= 15 is 0 Å². The Morgan fingerprint density at radius 2 is 2.13 bits per heavy atom. The van der Waals surface area contributed by atoms with Crippen molar-refractivity contribution < 1.29 is 4.74 Å². The molecule has 1 heterocycles. The minimum Gasteiger partial charge on any atom is -0.495 e. The molecule has 0 aliphatic rings. The Morgan fingerprint density at radius 3 is 2.73 bits per heavy atom. The van der Waals surface area contributed by atoms with Gasteiger partial charge in [0.15, 0.2) is 0 Å². The van der Waals surface area contributed by atoms with Crippen LogP contribution < -0.4 is 4.74 Å². The van der Waals surface area contributed by atoms with Crippen LogP contribution in [0.3, 0.4) is 0 Å². The van der Waals surface area contributed by atoms with Crippen molar-refractivity contribution in [2.24, 2.45) is 0 Å². The number of hydrogen-bond acceptors (Lipinski definition) is 1. The predicted molar refractivity (Wildman–Crippen MR) is 66.7 cm³/mol. The van der Waals surface area contributed by atoms with Crippen LogP contribution in [0.2, 0.25) is 0 Å². The monoisotopic (exact) mass is 267 g/mol. The zero-order valence-corrected chi connectivity index (χ0v) is 10.7. The van der Waals surface area contributed by atoms with Crippen LogP contribution >= 0.6 is 15.9 Å². The average molecular weight is 268 g/mol. The second-order valence-corrected chi connectivity index (χ2v) is 4.47. The molecule has 2 rings (SSSR count). The van der Waals surface area contributed by atoms with Gasteiger partial charge in [-0.2, -0.15) is 0 Å². The van der Waals surface area contributed by atoms with E-state index in [-0.39, 0.29) is 0 Å². The first kappa shape index (κ1) is 10.6. The van der Waals surface area contributed by atoms with Crippen LogP contribution in [0.25, 0.3) is 10.9 Å². The molecule has 0 aliphatic heterocycles. The third kappa shape index (κ3) is 1.65. The van der Waals surface area contributed by atoms with Gasteiger partial charge >= 0.3 is 0 Å². The minimum atomic E-state index is 0.867. The molecule has 0 saturated heterocycles. The van der Waals surface area contributed by atoms with Crippen molar-refractivity contribution >= 4 is 26.8 Å². The maximum absolute atomic E-state index is 5.27. The molecule has 0 radical (unpaired) electrons. The third-order valence-electron chi connectivity index (χ3n) is 2.79. The molecule has 2 nitrogen and oxygen atoms in total. The second-order valence-electron chi connectivity index (χ2n) is 3.61. The molecule has 0 saturated carbocycles. The van der Waals surface area contributed by atoms with Crippen LogP contribution in [0.1, 0.15) is 18.2 Å². The fourth-order valence-corrected chi connectivity index (χ4v) is 2.40. The highest BCUT2D eigenvalue weighted by atomic mass is 79.9. The fraction of sp³-hybridized carbons (Fsp3) is 0.333. The van der Waals surface area contributed by atoms with Gasteiger partial charge in [0.2, 0.25) is 0 Å². The number of halogens is 1. The maximum Gasteiger partial charge on any atom is 0.135 e. The molecule has 1 aromatic heterocycles.